The van der Waals surface area contributed by atoms with E-state index in [0.717, 1.165) is 0 Å². The van der Waals surface area contributed by atoms with Crippen molar-refractivity contribution in [3.63, 3.8) is 0 Å². The summed E-state index contributed by atoms with van der Waals surface area (Å²) < 4.78 is 76.3. The van der Waals surface area contributed by atoms with Crippen molar-refractivity contribution >= 4 is 23.1 Å². The standard InChI is InChI=1S/C3F7.BrH.Mg/c4-1(5)2(6,7)3(8,9)10;;/h;1H;/q-1;;+2/p-1. The van der Waals surface area contributed by atoms with Crippen molar-refractivity contribution in [3.05, 3.63) is 6.43 Å². The van der Waals surface area contributed by atoms with E-state index < -0.39 is 18.5 Å². The molecule has 70 valence electrons. The molecule has 0 aromatic heterocycles. The van der Waals surface area contributed by atoms with Crippen molar-refractivity contribution in [3.8, 4) is 0 Å². The quantitative estimate of drug-likeness (QED) is 0.334. The number of rotatable bonds is 1. The minimum atomic E-state index is -6.20. The molecule has 0 aromatic rings. The number of halogens is 8. The molecule has 0 unspecified atom stereocenters. The normalized spacial score (nSPS) is 12.0. The van der Waals surface area contributed by atoms with Crippen LogP contribution in [-0.2, 0) is 0 Å². The third-order valence-electron chi connectivity index (χ3n) is 0.593. The molecule has 0 amide bonds. The Morgan fingerprint density at radius 1 is 0.833 bits per heavy atom. The Kier molecular flexibility index (Phi) is 8.46. The zero-order chi connectivity index (χ0) is 8.58. The molecule has 0 bridgehead atoms. The fraction of sp³-hybridized carbons (Fsp3) is 0.667. The van der Waals surface area contributed by atoms with Gasteiger partial charge in [0, 0.05) is 0 Å². The Hall–Kier alpha value is 0.756. The summed E-state index contributed by atoms with van der Waals surface area (Å²) in [5.74, 6) is -5.98. The molecule has 0 N–H and O–H groups in total. The zero-order valence-electron chi connectivity index (χ0n) is 5.23. The van der Waals surface area contributed by atoms with E-state index in [9.17, 15) is 30.7 Å². The summed E-state index contributed by atoms with van der Waals surface area (Å²) in [5.41, 5.74) is 0. The monoisotopic (exact) mass is 272 g/mol. The second kappa shape index (κ2) is 5.48. The molecule has 0 aliphatic rings. The van der Waals surface area contributed by atoms with Gasteiger partial charge in [-0.25, -0.2) is 8.78 Å². The first kappa shape index (κ1) is 18.5. The van der Waals surface area contributed by atoms with Crippen LogP contribution in [0.1, 0.15) is 0 Å². The third-order valence-corrected chi connectivity index (χ3v) is 0.593. The average molecular weight is 273 g/mol. The molecule has 0 nitrogen and oxygen atoms in total. The van der Waals surface area contributed by atoms with Gasteiger partial charge in [0.05, 0.1) is 6.43 Å². The Labute approximate surface area is 89.4 Å². The molecule has 9 heteroatoms. The topological polar surface area (TPSA) is 0 Å². The van der Waals surface area contributed by atoms with Gasteiger partial charge in [-0.05, 0) is 0 Å². The van der Waals surface area contributed by atoms with Crippen LogP contribution >= 0.6 is 0 Å². The van der Waals surface area contributed by atoms with Gasteiger partial charge in [0.1, 0.15) is 0 Å². The largest absolute Gasteiger partial charge is 2.00 e. The van der Waals surface area contributed by atoms with E-state index in [1.807, 2.05) is 0 Å². The van der Waals surface area contributed by atoms with Gasteiger partial charge >= 0.3 is 29.2 Å². The van der Waals surface area contributed by atoms with Gasteiger partial charge in [-0.2, -0.15) is 13.2 Å². The second-order valence-corrected chi connectivity index (χ2v) is 1.33. The molecule has 0 aromatic carbocycles. The van der Waals surface area contributed by atoms with E-state index in [-0.39, 0.29) is 40.0 Å². The SMILES string of the molecule is F[C-](F)C(F)(F)C(F)(F)F.[Br-].[Mg+2]. The van der Waals surface area contributed by atoms with Crippen LogP contribution in [0.4, 0.5) is 30.7 Å². The molecule has 0 rings (SSSR count). The van der Waals surface area contributed by atoms with Crippen molar-refractivity contribution in [2.24, 2.45) is 0 Å². The molecule has 0 aliphatic heterocycles. The minimum absolute atomic E-state index is 0. The van der Waals surface area contributed by atoms with Gasteiger partial charge in [0.2, 0.25) is 0 Å². The number of hydrogen-bond acceptors (Lipinski definition) is 0. The van der Waals surface area contributed by atoms with Gasteiger partial charge in [-0.3, -0.25) is 0 Å². The van der Waals surface area contributed by atoms with Gasteiger partial charge in [0.25, 0.3) is 5.92 Å². The van der Waals surface area contributed by atoms with Crippen molar-refractivity contribution < 1.29 is 47.7 Å². The van der Waals surface area contributed by atoms with Crippen LogP contribution in [0.5, 0.6) is 0 Å². The molecule has 0 spiro atoms. The van der Waals surface area contributed by atoms with Gasteiger partial charge < -0.3 is 25.8 Å². The Morgan fingerprint density at radius 3 is 1.08 bits per heavy atom. The average Bonchev–Trinajstić information content (AvgIpc) is 1.62. The first-order valence-corrected chi connectivity index (χ1v) is 1.82. The molecule has 12 heavy (non-hydrogen) atoms. The second-order valence-electron chi connectivity index (χ2n) is 1.33. The zero-order valence-corrected chi connectivity index (χ0v) is 8.23. The van der Waals surface area contributed by atoms with Crippen LogP contribution < -0.4 is 17.0 Å². The maximum atomic E-state index is 11.1. The summed E-state index contributed by atoms with van der Waals surface area (Å²) in [7, 11) is 0. The maximum Gasteiger partial charge on any atom is 2.00 e. The van der Waals surface area contributed by atoms with Crippen LogP contribution in [0.3, 0.4) is 0 Å². The molecule has 0 radical (unpaired) electrons. The third kappa shape index (κ3) is 4.12. The van der Waals surface area contributed by atoms with Gasteiger partial charge in [-0.1, -0.05) is 0 Å². The van der Waals surface area contributed by atoms with Crippen LogP contribution in [0.25, 0.3) is 0 Å². The fourth-order valence-electron chi connectivity index (χ4n) is 0.107. The molecule has 0 aliphatic carbocycles. The maximum absolute atomic E-state index is 11.1. The molecule has 0 saturated carbocycles. The smallest absolute Gasteiger partial charge is 1.00 e. The van der Waals surface area contributed by atoms with E-state index in [2.05, 4.69) is 0 Å². The predicted molar refractivity (Wildman–Crippen MR) is 22.2 cm³/mol. The summed E-state index contributed by atoms with van der Waals surface area (Å²) >= 11 is 0. The van der Waals surface area contributed by atoms with Crippen LogP contribution in [0, 0.1) is 6.43 Å². The summed E-state index contributed by atoms with van der Waals surface area (Å²) in [5, 5.41) is 0. The predicted octanol–water partition coefficient (Wildman–Crippen LogP) is -0.764. The van der Waals surface area contributed by atoms with Crippen LogP contribution in [0.15, 0.2) is 0 Å². The number of hydrogen-bond donors (Lipinski definition) is 0. The van der Waals surface area contributed by atoms with E-state index in [4.69, 9.17) is 0 Å². The summed E-state index contributed by atoms with van der Waals surface area (Å²) in [4.78, 5) is 0. The van der Waals surface area contributed by atoms with Gasteiger partial charge in [-0.15, -0.1) is 0 Å². The van der Waals surface area contributed by atoms with E-state index >= 15 is 0 Å². The Bertz CT molecular complexity index is 120. The van der Waals surface area contributed by atoms with E-state index in [0.29, 0.717) is 0 Å². The van der Waals surface area contributed by atoms with Crippen molar-refractivity contribution in [1.29, 1.82) is 0 Å². The van der Waals surface area contributed by atoms with E-state index in [1.165, 1.54) is 0 Å². The first-order chi connectivity index (χ1) is 4.19. The molecule has 0 saturated heterocycles. The first-order valence-electron chi connectivity index (χ1n) is 1.82. The molecule has 0 fully saturated rings. The summed E-state index contributed by atoms with van der Waals surface area (Å²) in [6, 6.07) is 0. The molecule has 0 heterocycles. The van der Waals surface area contributed by atoms with Crippen LogP contribution in [-0.4, -0.2) is 35.2 Å². The van der Waals surface area contributed by atoms with E-state index in [1.54, 1.807) is 0 Å². The summed E-state index contributed by atoms with van der Waals surface area (Å²) in [6.07, 6.45) is -10.1. The minimum Gasteiger partial charge on any atom is -1.00 e. The summed E-state index contributed by atoms with van der Waals surface area (Å²) in [6.45, 7) is 0. The number of alkyl halides is 5. The molecular formula is C3BrF7Mg. The van der Waals surface area contributed by atoms with Crippen molar-refractivity contribution in [2.75, 3.05) is 0 Å². The van der Waals surface area contributed by atoms with Crippen molar-refractivity contribution in [2.45, 2.75) is 12.1 Å². The Morgan fingerprint density at radius 2 is 1.08 bits per heavy atom. The molecule has 0 atom stereocenters. The van der Waals surface area contributed by atoms with Gasteiger partial charge in [0.15, 0.2) is 0 Å². The fourth-order valence-corrected chi connectivity index (χ4v) is 0.107. The molecular weight excluding hydrogens is 273 g/mol. The Balaban J connectivity index is -0.000000405. The van der Waals surface area contributed by atoms with Crippen molar-refractivity contribution in [1.82, 2.24) is 0 Å². The van der Waals surface area contributed by atoms with Crippen LogP contribution in [0.2, 0.25) is 0 Å².